The fraction of sp³-hybridized carbons (Fsp3) is 0.400. The van der Waals surface area contributed by atoms with Gasteiger partial charge in [-0.15, -0.1) is 0 Å². The van der Waals surface area contributed by atoms with E-state index < -0.39 is 58.0 Å². The van der Waals surface area contributed by atoms with Crippen molar-refractivity contribution in [2.24, 2.45) is 16.7 Å². The zero-order valence-electron chi connectivity index (χ0n) is 12.1. The van der Waals surface area contributed by atoms with Gasteiger partial charge in [0.05, 0.1) is 5.41 Å². The van der Waals surface area contributed by atoms with Crippen molar-refractivity contribution in [2.75, 3.05) is 0 Å². The van der Waals surface area contributed by atoms with E-state index in [4.69, 9.17) is 23.2 Å². The third kappa shape index (κ3) is 2.62. The van der Waals surface area contributed by atoms with Crippen LogP contribution in [-0.4, -0.2) is 11.1 Å². The largest absolute Gasteiger partial charge is 0.481 e. The number of carboxylic acid groups (broad SMARTS) is 1. The molecule has 1 aliphatic carbocycles. The number of allylic oxidation sites excluding steroid dienone is 1. The van der Waals surface area contributed by atoms with Gasteiger partial charge >= 0.3 is 5.97 Å². The van der Waals surface area contributed by atoms with Crippen molar-refractivity contribution in [1.82, 2.24) is 0 Å². The highest BCUT2D eigenvalue weighted by molar-refractivity contribution is 6.55. The van der Waals surface area contributed by atoms with E-state index in [0.29, 0.717) is 0 Å². The summed E-state index contributed by atoms with van der Waals surface area (Å²) in [5.41, 5.74) is -3.58. The average Bonchev–Trinajstić information content (AvgIpc) is 2.88. The summed E-state index contributed by atoms with van der Waals surface area (Å²) in [7, 11) is 0. The number of rotatable bonds is 4. The summed E-state index contributed by atoms with van der Waals surface area (Å²) in [6.07, 6.45) is 0.520. The molecule has 0 amide bonds. The molecule has 2 nitrogen and oxygen atoms in total. The molecule has 8 heteroatoms. The minimum atomic E-state index is -1.68. The molecule has 0 aromatic heterocycles. The molecule has 1 fully saturated rings. The van der Waals surface area contributed by atoms with Gasteiger partial charge in [-0.05, 0) is 17.9 Å². The summed E-state index contributed by atoms with van der Waals surface area (Å²) in [5.74, 6) is -8.48. The topological polar surface area (TPSA) is 37.3 Å². The van der Waals surface area contributed by atoms with Crippen molar-refractivity contribution in [1.29, 1.82) is 0 Å². The highest BCUT2D eigenvalue weighted by atomic mass is 35.5. The van der Waals surface area contributed by atoms with Crippen molar-refractivity contribution >= 4 is 29.2 Å². The van der Waals surface area contributed by atoms with Crippen molar-refractivity contribution in [2.45, 2.75) is 20.3 Å². The minimum absolute atomic E-state index is 0.0761. The van der Waals surface area contributed by atoms with E-state index in [1.54, 1.807) is 13.8 Å². The Kier molecular flexibility index (Phi) is 4.45. The Hall–Kier alpha value is -1.27. The summed E-state index contributed by atoms with van der Waals surface area (Å²) < 4.78 is 54.2. The zero-order valence-corrected chi connectivity index (χ0v) is 13.6. The van der Waals surface area contributed by atoms with Crippen LogP contribution in [0.5, 0.6) is 0 Å². The van der Waals surface area contributed by atoms with Crippen LogP contribution in [0.2, 0.25) is 0 Å². The fourth-order valence-corrected chi connectivity index (χ4v) is 3.50. The molecule has 1 saturated carbocycles. The van der Waals surface area contributed by atoms with Gasteiger partial charge < -0.3 is 5.11 Å². The Balaban J connectivity index is 2.57. The van der Waals surface area contributed by atoms with Gasteiger partial charge in [-0.2, -0.15) is 0 Å². The van der Waals surface area contributed by atoms with Crippen LogP contribution in [0.1, 0.15) is 19.4 Å². The van der Waals surface area contributed by atoms with Gasteiger partial charge in [-0.1, -0.05) is 37.0 Å². The Bertz CT molecular complexity index is 688. The third-order valence-corrected chi connectivity index (χ3v) is 4.96. The first-order valence-corrected chi connectivity index (χ1v) is 7.30. The standard InChI is InChI=1S/C15H12Cl2F4O2/c1-14(2)9(4-10(16)17)15(14,13(22)23)5-6-11(20)7(18)3-8(19)12(6)21/h3-4,9H,5H2,1-2H3,(H,22,23)/t9?,15-/m0/s1. The second-order valence-electron chi connectivity index (χ2n) is 6.06. The molecule has 0 spiro atoms. The number of carboxylic acids is 1. The SMILES string of the molecule is CC1(C)C(C=C(Cl)Cl)[C@@]1(Cc1c(F)c(F)cc(F)c1F)C(=O)O. The molecule has 1 aliphatic rings. The molecule has 0 saturated heterocycles. The van der Waals surface area contributed by atoms with Crippen molar-refractivity contribution in [3.8, 4) is 0 Å². The lowest BCUT2D eigenvalue weighted by Gasteiger charge is -2.17. The average molecular weight is 371 g/mol. The van der Waals surface area contributed by atoms with Gasteiger partial charge in [0.15, 0.2) is 23.3 Å². The van der Waals surface area contributed by atoms with Crippen LogP contribution >= 0.6 is 23.2 Å². The number of benzene rings is 1. The first-order valence-electron chi connectivity index (χ1n) is 6.55. The molecule has 23 heavy (non-hydrogen) atoms. The Morgan fingerprint density at radius 2 is 1.70 bits per heavy atom. The normalized spacial score (nSPS) is 25.1. The van der Waals surface area contributed by atoms with E-state index in [2.05, 4.69) is 0 Å². The van der Waals surface area contributed by atoms with Crippen LogP contribution < -0.4 is 0 Å². The summed E-state index contributed by atoms with van der Waals surface area (Å²) in [5, 5.41) is 9.56. The van der Waals surface area contributed by atoms with E-state index in [1.807, 2.05) is 0 Å². The van der Waals surface area contributed by atoms with Crippen LogP contribution in [0.15, 0.2) is 16.6 Å². The van der Waals surface area contributed by atoms with E-state index >= 15 is 0 Å². The lowest BCUT2D eigenvalue weighted by molar-refractivity contribution is -0.145. The Morgan fingerprint density at radius 3 is 2.09 bits per heavy atom. The Morgan fingerprint density at radius 1 is 1.22 bits per heavy atom. The summed E-state index contributed by atoms with van der Waals surface area (Å²) in [6.45, 7) is 3.09. The molecule has 1 aromatic carbocycles. The molecule has 1 unspecified atom stereocenters. The highest BCUT2D eigenvalue weighted by Crippen LogP contribution is 2.71. The molecular formula is C15H12Cl2F4O2. The quantitative estimate of drug-likeness (QED) is 0.608. The number of aliphatic carboxylic acids is 1. The number of carbonyl (C=O) groups is 1. The smallest absolute Gasteiger partial charge is 0.311 e. The molecule has 2 rings (SSSR count). The minimum Gasteiger partial charge on any atom is -0.481 e. The number of halogens is 6. The van der Waals surface area contributed by atoms with Gasteiger partial charge in [0.2, 0.25) is 0 Å². The Labute approximate surface area is 139 Å². The maximum Gasteiger partial charge on any atom is 0.311 e. The molecular weight excluding hydrogens is 359 g/mol. The molecule has 1 aromatic rings. The first-order chi connectivity index (χ1) is 10.5. The second-order valence-corrected chi connectivity index (χ2v) is 7.06. The van der Waals surface area contributed by atoms with Crippen molar-refractivity contribution in [3.05, 3.63) is 45.5 Å². The molecule has 126 valence electrons. The summed E-state index contributed by atoms with van der Waals surface area (Å²) >= 11 is 11.1. The first kappa shape index (κ1) is 18.1. The predicted octanol–water partition coefficient (Wildman–Crippen LogP) is 4.83. The second kappa shape index (κ2) is 5.67. The van der Waals surface area contributed by atoms with E-state index in [9.17, 15) is 27.5 Å². The highest BCUT2D eigenvalue weighted by Gasteiger charge is 2.74. The van der Waals surface area contributed by atoms with Crippen molar-refractivity contribution in [3.63, 3.8) is 0 Å². The van der Waals surface area contributed by atoms with Crippen LogP contribution in [0.3, 0.4) is 0 Å². The van der Waals surface area contributed by atoms with E-state index in [0.717, 1.165) is 0 Å². The zero-order chi connectivity index (χ0) is 17.7. The van der Waals surface area contributed by atoms with E-state index in [-0.39, 0.29) is 10.6 Å². The molecule has 2 atom stereocenters. The monoisotopic (exact) mass is 370 g/mol. The maximum absolute atomic E-state index is 13.9. The van der Waals surface area contributed by atoms with Gasteiger partial charge in [-0.3, -0.25) is 4.79 Å². The van der Waals surface area contributed by atoms with Crippen LogP contribution in [0, 0.1) is 40.0 Å². The van der Waals surface area contributed by atoms with Gasteiger partial charge in [0, 0.05) is 17.5 Å². The number of hydrogen-bond donors (Lipinski definition) is 1. The molecule has 1 N–H and O–H groups in total. The van der Waals surface area contributed by atoms with E-state index in [1.165, 1.54) is 6.08 Å². The molecule has 0 heterocycles. The third-order valence-electron chi connectivity index (χ3n) is 4.71. The lowest BCUT2D eigenvalue weighted by Crippen LogP contribution is -2.26. The van der Waals surface area contributed by atoms with Crippen LogP contribution in [0.4, 0.5) is 17.6 Å². The maximum atomic E-state index is 13.9. The lowest BCUT2D eigenvalue weighted by atomic mass is 9.88. The predicted molar refractivity (Wildman–Crippen MR) is 77.1 cm³/mol. The fourth-order valence-electron chi connectivity index (χ4n) is 3.25. The van der Waals surface area contributed by atoms with Gasteiger partial charge in [0.1, 0.15) is 4.49 Å². The van der Waals surface area contributed by atoms with Crippen LogP contribution in [0.25, 0.3) is 0 Å². The summed E-state index contributed by atoms with van der Waals surface area (Å²) in [4.78, 5) is 11.7. The molecule has 0 aliphatic heterocycles. The molecule has 0 radical (unpaired) electrons. The van der Waals surface area contributed by atoms with Crippen molar-refractivity contribution < 1.29 is 27.5 Å². The molecule has 0 bridgehead atoms. The van der Waals surface area contributed by atoms with Crippen LogP contribution in [-0.2, 0) is 11.2 Å². The number of hydrogen-bond acceptors (Lipinski definition) is 1. The summed E-state index contributed by atoms with van der Waals surface area (Å²) in [6, 6.07) is 0.0761. The van der Waals surface area contributed by atoms with Gasteiger partial charge in [0.25, 0.3) is 0 Å². The van der Waals surface area contributed by atoms with Gasteiger partial charge in [-0.25, -0.2) is 17.6 Å².